The second kappa shape index (κ2) is 7.33. The summed E-state index contributed by atoms with van der Waals surface area (Å²) in [6, 6.07) is 7.10. The summed E-state index contributed by atoms with van der Waals surface area (Å²) in [4.78, 5) is 24.0. The van der Waals surface area contributed by atoms with Crippen molar-refractivity contribution >= 4 is 40.8 Å². The van der Waals surface area contributed by atoms with Gasteiger partial charge < -0.3 is 5.32 Å². The van der Waals surface area contributed by atoms with Crippen LogP contribution >= 0.6 is 23.2 Å². The van der Waals surface area contributed by atoms with E-state index in [9.17, 15) is 22.8 Å². The molecule has 2 aromatic rings. The molecule has 0 saturated carbocycles. The zero-order valence-corrected chi connectivity index (χ0v) is 14.2. The largest absolute Gasteiger partial charge is 0.416 e. The van der Waals surface area contributed by atoms with E-state index in [1.54, 1.807) is 31.2 Å². The molecule has 0 spiro atoms. The molecule has 0 aliphatic carbocycles. The number of rotatable bonds is 2. The van der Waals surface area contributed by atoms with Crippen LogP contribution in [0.2, 0.25) is 10.0 Å². The van der Waals surface area contributed by atoms with E-state index in [4.69, 9.17) is 23.2 Å². The maximum absolute atomic E-state index is 12.7. The van der Waals surface area contributed by atoms with Crippen molar-refractivity contribution < 1.29 is 22.8 Å². The Morgan fingerprint density at radius 1 is 1.04 bits per heavy atom. The third-order valence-electron chi connectivity index (χ3n) is 3.22. The van der Waals surface area contributed by atoms with Crippen molar-refractivity contribution in [1.82, 2.24) is 5.32 Å². The molecule has 2 aromatic carbocycles. The number of hydrogen-bond donors (Lipinski definition) is 2. The number of halogens is 5. The highest BCUT2D eigenvalue weighted by atomic mass is 35.5. The Labute approximate surface area is 150 Å². The smallest absolute Gasteiger partial charge is 0.307 e. The second-order valence-electron chi connectivity index (χ2n) is 5.04. The van der Waals surface area contributed by atoms with Crippen LogP contribution in [0.4, 0.5) is 23.7 Å². The average molecular weight is 391 g/mol. The van der Waals surface area contributed by atoms with Gasteiger partial charge in [-0.1, -0.05) is 41.4 Å². The summed E-state index contributed by atoms with van der Waals surface area (Å²) in [5.41, 5.74) is -0.284. The molecule has 0 fully saturated rings. The van der Waals surface area contributed by atoms with E-state index in [2.05, 4.69) is 5.32 Å². The van der Waals surface area contributed by atoms with Crippen LogP contribution in [0.15, 0.2) is 36.4 Å². The van der Waals surface area contributed by atoms with Crippen LogP contribution in [0.1, 0.15) is 21.5 Å². The number of hydrogen-bond acceptors (Lipinski definition) is 2. The molecule has 0 radical (unpaired) electrons. The molecule has 0 saturated heterocycles. The van der Waals surface area contributed by atoms with Crippen molar-refractivity contribution in [3.63, 3.8) is 0 Å². The second-order valence-corrected chi connectivity index (χ2v) is 5.85. The molecule has 0 atom stereocenters. The van der Waals surface area contributed by atoms with E-state index < -0.39 is 39.3 Å². The highest BCUT2D eigenvalue weighted by Crippen LogP contribution is 2.35. The molecular weight excluding hydrogens is 380 g/mol. The summed E-state index contributed by atoms with van der Waals surface area (Å²) in [5, 5.41) is 3.40. The molecule has 0 heterocycles. The Bertz CT molecular complexity index is 815. The number of alkyl halides is 3. The number of urea groups is 1. The van der Waals surface area contributed by atoms with Crippen LogP contribution in [-0.2, 0) is 6.18 Å². The summed E-state index contributed by atoms with van der Waals surface area (Å²) < 4.78 is 38.1. The quantitative estimate of drug-likeness (QED) is 0.732. The maximum Gasteiger partial charge on any atom is 0.416 e. The Kier molecular flexibility index (Phi) is 5.59. The van der Waals surface area contributed by atoms with Gasteiger partial charge in [-0.05, 0) is 30.7 Å². The lowest BCUT2D eigenvalue weighted by Crippen LogP contribution is -2.35. The minimum absolute atomic E-state index is 0.420. The van der Waals surface area contributed by atoms with Crippen LogP contribution < -0.4 is 10.6 Å². The molecule has 25 heavy (non-hydrogen) atoms. The standard InChI is InChI=1S/C16H11Cl2F3N2O2/c1-8-4-2-3-5-12(8)22-15(25)23-14(24)13-10(17)6-9(7-11(13)18)16(19,20)21/h2-7H,1H3,(H2,22,23,24,25). The minimum atomic E-state index is -4.66. The summed E-state index contributed by atoms with van der Waals surface area (Å²) >= 11 is 11.5. The van der Waals surface area contributed by atoms with Gasteiger partial charge in [0.25, 0.3) is 5.91 Å². The number of imide groups is 1. The number of carbonyl (C=O) groups is 2. The molecule has 2 N–H and O–H groups in total. The number of aryl methyl sites for hydroxylation is 1. The molecule has 3 amide bonds. The monoisotopic (exact) mass is 390 g/mol. The minimum Gasteiger partial charge on any atom is -0.307 e. The third kappa shape index (κ3) is 4.64. The van der Waals surface area contributed by atoms with Gasteiger partial charge in [-0.15, -0.1) is 0 Å². The topological polar surface area (TPSA) is 58.2 Å². The fourth-order valence-corrected chi connectivity index (χ4v) is 2.64. The first-order valence-corrected chi connectivity index (χ1v) is 7.59. The molecule has 0 unspecified atom stereocenters. The Morgan fingerprint density at radius 3 is 2.12 bits per heavy atom. The van der Waals surface area contributed by atoms with Gasteiger partial charge in [-0.3, -0.25) is 10.1 Å². The summed E-state index contributed by atoms with van der Waals surface area (Å²) in [5.74, 6) is -1.02. The predicted octanol–water partition coefficient (Wildman–Crippen LogP) is 5.28. The highest BCUT2D eigenvalue weighted by Gasteiger charge is 2.33. The van der Waals surface area contributed by atoms with E-state index in [0.717, 1.165) is 5.56 Å². The van der Waals surface area contributed by atoms with Crippen LogP contribution in [-0.4, -0.2) is 11.9 Å². The number of amides is 3. The van der Waals surface area contributed by atoms with E-state index in [1.807, 2.05) is 5.32 Å². The highest BCUT2D eigenvalue weighted by molar-refractivity contribution is 6.40. The number of anilines is 1. The number of benzene rings is 2. The van der Waals surface area contributed by atoms with Crippen molar-refractivity contribution in [1.29, 1.82) is 0 Å². The number of nitrogens with one attached hydrogen (secondary N) is 2. The van der Waals surface area contributed by atoms with Gasteiger partial charge in [0.05, 0.1) is 21.2 Å². The maximum atomic E-state index is 12.7. The van der Waals surface area contributed by atoms with Crippen molar-refractivity contribution in [3.8, 4) is 0 Å². The lowest BCUT2D eigenvalue weighted by Gasteiger charge is -2.13. The number of para-hydroxylation sites is 1. The Balaban J connectivity index is 2.18. The molecule has 4 nitrogen and oxygen atoms in total. The molecule has 132 valence electrons. The van der Waals surface area contributed by atoms with Crippen molar-refractivity contribution in [2.75, 3.05) is 5.32 Å². The Morgan fingerprint density at radius 2 is 1.60 bits per heavy atom. The fraction of sp³-hybridized carbons (Fsp3) is 0.125. The van der Waals surface area contributed by atoms with Gasteiger partial charge in [-0.2, -0.15) is 13.2 Å². The van der Waals surface area contributed by atoms with E-state index in [-0.39, 0.29) is 0 Å². The molecule has 9 heteroatoms. The SMILES string of the molecule is Cc1ccccc1NC(=O)NC(=O)c1c(Cl)cc(C(F)(F)F)cc1Cl. The molecule has 0 aromatic heterocycles. The zero-order chi connectivity index (χ0) is 18.8. The van der Waals surface area contributed by atoms with Gasteiger partial charge in [0.1, 0.15) is 0 Å². The van der Waals surface area contributed by atoms with Gasteiger partial charge >= 0.3 is 12.2 Å². The summed E-state index contributed by atoms with van der Waals surface area (Å²) in [6.07, 6.45) is -4.66. The first-order valence-electron chi connectivity index (χ1n) is 6.84. The number of carbonyl (C=O) groups excluding carboxylic acids is 2. The molecular formula is C16H11Cl2F3N2O2. The summed E-state index contributed by atoms with van der Waals surface area (Å²) in [6.45, 7) is 1.75. The first kappa shape index (κ1) is 19.1. The zero-order valence-electron chi connectivity index (χ0n) is 12.7. The Hall–Kier alpha value is -2.25. The van der Waals surface area contributed by atoms with Crippen LogP contribution in [0.5, 0.6) is 0 Å². The lowest BCUT2D eigenvalue weighted by molar-refractivity contribution is -0.137. The first-order chi connectivity index (χ1) is 11.6. The lowest BCUT2D eigenvalue weighted by atomic mass is 10.1. The van der Waals surface area contributed by atoms with Gasteiger partial charge in [0.15, 0.2) is 0 Å². The van der Waals surface area contributed by atoms with Crippen LogP contribution in [0, 0.1) is 6.92 Å². The van der Waals surface area contributed by atoms with Gasteiger partial charge in [0.2, 0.25) is 0 Å². The van der Waals surface area contributed by atoms with Crippen LogP contribution in [0.3, 0.4) is 0 Å². The van der Waals surface area contributed by atoms with Gasteiger partial charge in [0, 0.05) is 5.69 Å². The molecule has 0 aliphatic rings. The normalized spacial score (nSPS) is 11.1. The predicted molar refractivity (Wildman–Crippen MR) is 89.1 cm³/mol. The third-order valence-corrected chi connectivity index (χ3v) is 3.81. The summed E-state index contributed by atoms with van der Waals surface area (Å²) in [7, 11) is 0. The van der Waals surface area contributed by atoms with Crippen molar-refractivity contribution in [2.45, 2.75) is 13.1 Å². The van der Waals surface area contributed by atoms with Crippen molar-refractivity contribution in [3.05, 3.63) is 63.1 Å². The van der Waals surface area contributed by atoms with E-state index in [1.165, 1.54) is 0 Å². The van der Waals surface area contributed by atoms with Gasteiger partial charge in [-0.25, -0.2) is 4.79 Å². The average Bonchev–Trinajstić information content (AvgIpc) is 2.47. The molecule has 2 rings (SSSR count). The van der Waals surface area contributed by atoms with E-state index >= 15 is 0 Å². The van der Waals surface area contributed by atoms with Crippen LogP contribution in [0.25, 0.3) is 0 Å². The molecule has 0 bridgehead atoms. The molecule has 0 aliphatic heterocycles. The van der Waals surface area contributed by atoms with Crippen molar-refractivity contribution in [2.24, 2.45) is 0 Å². The fourth-order valence-electron chi connectivity index (χ4n) is 1.99. The van der Waals surface area contributed by atoms with E-state index in [0.29, 0.717) is 17.8 Å².